The maximum atomic E-state index is 13.6. The molecule has 0 saturated carbocycles. The number of hydrogen-bond acceptors (Lipinski definition) is 8. The molecular weight excluding hydrogens is 444 g/mol. The van der Waals surface area contributed by atoms with Gasteiger partial charge in [-0.05, 0) is 23.6 Å². The number of rotatable bonds is 8. The van der Waals surface area contributed by atoms with Crippen molar-refractivity contribution in [2.75, 3.05) is 38.7 Å². The Bertz CT molecular complexity index is 1210. The van der Waals surface area contributed by atoms with Crippen molar-refractivity contribution in [1.29, 1.82) is 0 Å². The summed E-state index contributed by atoms with van der Waals surface area (Å²) in [6, 6.07) is 13.7. The van der Waals surface area contributed by atoms with E-state index in [4.69, 9.17) is 18.9 Å². The van der Waals surface area contributed by atoms with Gasteiger partial charge in [-0.2, -0.15) is 0 Å². The average Bonchev–Trinajstić information content (AvgIpc) is 3.44. The number of amides is 2. The second-order valence-electron chi connectivity index (χ2n) is 6.94. The maximum absolute atomic E-state index is 13.6. The van der Waals surface area contributed by atoms with Crippen molar-refractivity contribution in [1.82, 2.24) is 0 Å². The van der Waals surface area contributed by atoms with Crippen LogP contribution in [-0.4, -0.2) is 40.3 Å². The second-order valence-corrected chi connectivity index (χ2v) is 7.88. The van der Waals surface area contributed by atoms with E-state index in [0.717, 1.165) is 4.90 Å². The molecule has 1 aromatic heterocycles. The molecule has 2 heterocycles. The molecule has 3 aromatic rings. The van der Waals surface area contributed by atoms with Crippen molar-refractivity contribution in [3.05, 3.63) is 64.5 Å². The Hall–Kier alpha value is -3.98. The lowest BCUT2D eigenvalue weighted by molar-refractivity contribution is -0.120. The number of carbonyl (C=O) groups is 2. The summed E-state index contributed by atoms with van der Waals surface area (Å²) in [5, 5.41) is 4.97. The van der Waals surface area contributed by atoms with Gasteiger partial charge in [-0.1, -0.05) is 6.07 Å². The van der Waals surface area contributed by atoms with E-state index in [-0.39, 0.29) is 11.3 Å². The number of carbonyl (C=O) groups excluding carboxylic acids is 2. The molecule has 0 aliphatic carbocycles. The van der Waals surface area contributed by atoms with Crippen LogP contribution in [0.5, 0.6) is 23.0 Å². The van der Waals surface area contributed by atoms with Gasteiger partial charge >= 0.3 is 0 Å². The third-order valence-electron chi connectivity index (χ3n) is 5.10. The fourth-order valence-electron chi connectivity index (χ4n) is 3.51. The van der Waals surface area contributed by atoms with Gasteiger partial charge in [0.1, 0.15) is 28.7 Å². The molecule has 0 bridgehead atoms. The van der Waals surface area contributed by atoms with Gasteiger partial charge in [0.25, 0.3) is 11.8 Å². The Morgan fingerprint density at radius 2 is 1.48 bits per heavy atom. The molecule has 8 nitrogen and oxygen atoms in total. The molecule has 170 valence electrons. The highest BCUT2D eigenvalue weighted by molar-refractivity contribution is 7.11. The topological polar surface area (TPSA) is 86.3 Å². The number of anilines is 2. The van der Waals surface area contributed by atoms with Gasteiger partial charge in [0, 0.05) is 34.8 Å². The van der Waals surface area contributed by atoms with Gasteiger partial charge in [-0.15, -0.1) is 11.3 Å². The zero-order valence-corrected chi connectivity index (χ0v) is 19.3. The Morgan fingerprint density at radius 3 is 2.06 bits per heavy atom. The molecule has 0 fully saturated rings. The lowest BCUT2D eigenvalue weighted by atomic mass is 10.1. The number of benzene rings is 2. The molecule has 2 amide bonds. The Labute approximate surface area is 194 Å². The minimum Gasteiger partial charge on any atom is -0.497 e. The van der Waals surface area contributed by atoms with Gasteiger partial charge in [-0.3, -0.25) is 9.59 Å². The third-order valence-corrected chi connectivity index (χ3v) is 5.99. The normalized spacial score (nSPS) is 13.4. The van der Waals surface area contributed by atoms with Gasteiger partial charge in [-0.25, -0.2) is 4.90 Å². The number of thiophene rings is 1. The van der Waals surface area contributed by atoms with Crippen molar-refractivity contribution in [3.63, 3.8) is 0 Å². The van der Waals surface area contributed by atoms with Crippen LogP contribution in [0.1, 0.15) is 4.88 Å². The Morgan fingerprint density at radius 1 is 0.788 bits per heavy atom. The summed E-state index contributed by atoms with van der Waals surface area (Å²) >= 11 is 1.37. The summed E-state index contributed by atoms with van der Waals surface area (Å²) in [6.45, 7) is 0. The summed E-state index contributed by atoms with van der Waals surface area (Å²) in [6.07, 6.45) is 0. The first-order valence-corrected chi connectivity index (χ1v) is 10.8. The molecule has 0 atom stereocenters. The molecule has 1 aliphatic heterocycles. The predicted octanol–water partition coefficient (Wildman–Crippen LogP) is 4.18. The maximum Gasteiger partial charge on any atom is 0.282 e. The first-order valence-electron chi connectivity index (χ1n) is 9.89. The summed E-state index contributed by atoms with van der Waals surface area (Å²) in [7, 11) is 6.06. The van der Waals surface area contributed by atoms with Crippen molar-refractivity contribution in [2.45, 2.75) is 0 Å². The van der Waals surface area contributed by atoms with E-state index in [1.54, 1.807) is 42.5 Å². The molecular formula is C24H22N2O6S. The van der Waals surface area contributed by atoms with Crippen LogP contribution in [0, 0.1) is 0 Å². The summed E-state index contributed by atoms with van der Waals surface area (Å²) in [5.41, 5.74) is 1.24. The van der Waals surface area contributed by atoms with Crippen LogP contribution in [-0.2, 0) is 9.59 Å². The Balaban J connectivity index is 1.83. The number of ether oxygens (including phenoxy) is 4. The highest BCUT2D eigenvalue weighted by Gasteiger charge is 2.42. The van der Waals surface area contributed by atoms with E-state index in [2.05, 4.69) is 5.32 Å². The molecule has 1 N–H and O–H groups in total. The lowest BCUT2D eigenvalue weighted by Gasteiger charge is -2.19. The quantitative estimate of drug-likeness (QED) is 0.499. The highest BCUT2D eigenvalue weighted by atomic mass is 32.1. The zero-order chi connectivity index (χ0) is 23.5. The van der Waals surface area contributed by atoms with Crippen LogP contribution >= 0.6 is 11.3 Å². The second kappa shape index (κ2) is 9.25. The summed E-state index contributed by atoms with van der Waals surface area (Å²) in [5.74, 6) is 0.954. The van der Waals surface area contributed by atoms with Crippen LogP contribution in [0.15, 0.2) is 59.6 Å². The molecule has 1 aliphatic rings. The lowest BCUT2D eigenvalue weighted by Crippen LogP contribution is -2.32. The minimum absolute atomic E-state index is 0.141. The van der Waals surface area contributed by atoms with E-state index in [1.165, 1.54) is 39.8 Å². The van der Waals surface area contributed by atoms with Crippen LogP contribution in [0.4, 0.5) is 11.4 Å². The van der Waals surface area contributed by atoms with Crippen LogP contribution in [0.2, 0.25) is 0 Å². The molecule has 0 unspecified atom stereocenters. The number of hydrogen-bond donors (Lipinski definition) is 1. The van der Waals surface area contributed by atoms with Crippen LogP contribution in [0.3, 0.4) is 0 Å². The van der Waals surface area contributed by atoms with E-state index in [9.17, 15) is 9.59 Å². The molecule has 4 rings (SSSR count). The highest BCUT2D eigenvalue weighted by Crippen LogP contribution is 2.41. The van der Waals surface area contributed by atoms with E-state index >= 15 is 0 Å². The number of nitrogens with zero attached hydrogens (tertiary/aromatic N) is 1. The van der Waals surface area contributed by atoms with Gasteiger partial charge in [0.05, 0.1) is 39.7 Å². The average molecular weight is 467 g/mol. The summed E-state index contributed by atoms with van der Waals surface area (Å²) in [4.78, 5) is 29.0. The van der Waals surface area contributed by atoms with Crippen molar-refractivity contribution in [2.24, 2.45) is 0 Å². The predicted molar refractivity (Wildman–Crippen MR) is 126 cm³/mol. The smallest absolute Gasteiger partial charge is 0.282 e. The standard InChI is InChI=1S/C24H22N2O6S/c1-29-15-7-8-19(32-4)18(13-15)26-23(27)21(20-6-5-9-33-20)22(24(26)28)25-14-10-16(30-2)12-17(11-14)31-3/h5-13,25H,1-4H3. The van der Waals surface area contributed by atoms with Crippen LogP contribution in [0.25, 0.3) is 5.57 Å². The monoisotopic (exact) mass is 466 g/mol. The molecule has 0 radical (unpaired) electrons. The van der Waals surface area contributed by atoms with E-state index < -0.39 is 11.8 Å². The summed E-state index contributed by atoms with van der Waals surface area (Å²) < 4.78 is 21.4. The first-order chi connectivity index (χ1) is 16.0. The fourth-order valence-corrected chi connectivity index (χ4v) is 4.28. The first kappa shape index (κ1) is 22.2. The van der Waals surface area contributed by atoms with Crippen LogP contribution < -0.4 is 29.2 Å². The largest absolute Gasteiger partial charge is 0.497 e. The SMILES string of the molecule is COc1cc(NC2=C(c3cccs3)C(=O)N(c3cc(OC)ccc3OC)C2=O)cc(OC)c1. The van der Waals surface area contributed by atoms with Crippen molar-refractivity contribution >= 4 is 40.1 Å². The molecule has 33 heavy (non-hydrogen) atoms. The van der Waals surface area contributed by atoms with E-state index in [1.807, 2.05) is 11.4 Å². The molecule has 0 spiro atoms. The van der Waals surface area contributed by atoms with Gasteiger partial charge < -0.3 is 24.3 Å². The van der Waals surface area contributed by atoms with Gasteiger partial charge in [0.2, 0.25) is 0 Å². The molecule has 2 aromatic carbocycles. The fraction of sp³-hybridized carbons (Fsp3) is 0.167. The van der Waals surface area contributed by atoms with Crippen molar-refractivity contribution in [3.8, 4) is 23.0 Å². The number of nitrogens with one attached hydrogen (secondary N) is 1. The van der Waals surface area contributed by atoms with Crippen molar-refractivity contribution < 1.29 is 28.5 Å². The zero-order valence-electron chi connectivity index (χ0n) is 18.5. The Kier molecular flexibility index (Phi) is 6.23. The van der Waals surface area contributed by atoms with E-state index in [0.29, 0.717) is 39.2 Å². The number of methoxy groups -OCH3 is 4. The number of imide groups is 1. The molecule has 0 saturated heterocycles. The third kappa shape index (κ3) is 4.10. The molecule has 9 heteroatoms. The van der Waals surface area contributed by atoms with Gasteiger partial charge in [0.15, 0.2) is 0 Å². The minimum atomic E-state index is -0.517.